The first kappa shape index (κ1) is 17.5. The largest absolute Gasteiger partial charge is 0.497 e. The van der Waals surface area contributed by atoms with Crippen molar-refractivity contribution in [1.29, 1.82) is 0 Å². The lowest BCUT2D eigenvalue weighted by Crippen LogP contribution is -2.40. The monoisotopic (exact) mass is 357 g/mol. The molecule has 0 unspecified atom stereocenters. The molecule has 4 nitrogen and oxygen atoms in total. The van der Waals surface area contributed by atoms with E-state index in [2.05, 4.69) is 0 Å². The third kappa shape index (κ3) is 3.85. The molecule has 5 heteroatoms. The van der Waals surface area contributed by atoms with Crippen LogP contribution in [0, 0.1) is 5.92 Å². The standard InChI is InChI=1S/C20H20ClNO3/c1-25-16-8-6-14(7-9-16)19(23)15-10-12-22(13-11-15)20(24)17-4-2-3-5-18(17)21/h2-9,15H,10-13H2,1H3. The van der Waals surface area contributed by atoms with Gasteiger partial charge in [0.05, 0.1) is 17.7 Å². The van der Waals surface area contributed by atoms with Crippen LogP contribution in [0.4, 0.5) is 0 Å². The second kappa shape index (κ2) is 7.70. The summed E-state index contributed by atoms with van der Waals surface area (Å²) in [4.78, 5) is 27.0. The first-order chi connectivity index (χ1) is 12.1. The summed E-state index contributed by atoms with van der Waals surface area (Å²) in [6, 6.07) is 14.2. The van der Waals surface area contributed by atoms with E-state index in [9.17, 15) is 9.59 Å². The number of carbonyl (C=O) groups excluding carboxylic acids is 2. The first-order valence-electron chi connectivity index (χ1n) is 8.32. The molecular weight excluding hydrogens is 338 g/mol. The molecule has 0 bridgehead atoms. The van der Waals surface area contributed by atoms with Crippen LogP contribution in [0.15, 0.2) is 48.5 Å². The summed E-state index contributed by atoms with van der Waals surface area (Å²) in [7, 11) is 1.60. The number of ketones is 1. The molecule has 0 atom stereocenters. The maximum absolute atomic E-state index is 12.6. The lowest BCUT2D eigenvalue weighted by atomic mass is 9.88. The molecule has 1 heterocycles. The minimum absolute atomic E-state index is 0.0521. The molecule has 3 rings (SSSR count). The van der Waals surface area contributed by atoms with Crippen LogP contribution in [0.3, 0.4) is 0 Å². The second-order valence-corrected chi connectivity index (χ2v) is 6.55. The van der Waals surface area contributed by atoms with Gasteiger partial charge in [0, 0.05) is 24.6 Å². The maximum atomic E-state index is 12.6. The van der Waals surface area contributed by atoms with Crippen molar-refractivity contribution in [2.24, 2.45) is 5.92 Å². The third-order valence-electron chi connectivity index (χ3n) is 4.63. The van der Waals surface area contributed by atoms with Gasteiger partial charge in [-0.05, 0) is 49.2 Å². The Bertz CT molecular complexity index is 765. The number of rotatable bonds is 4. The van der Waals surface area contributed by atoms with Gasteiger partial charge in [-0.25, -0.2) is 0 Å². The number of likely N-dealkylation sites (tertiary alicyclic amines) is 1. The molecule has 1 fully saturated rings. The number of piperidine rings is 1. The van der Waals surface area contributed by atoms with Gasteiger partial charge in [0.25, 0.3) is 5.91 Å². The van der Waals surface area contributed by atoms with Crippen LogP contribution in [-0.2, 0) is 0 Å². The molecule has 1 aliphatic rings. The van der Waals surface area contributed by atoms with E-state index in [0.29, 0.717) is 42.1 Å². The fourth-order valence-electron chi connectivity index (χ4n) is 3.14. The van der Waals surface area contributed by atoms with E-state index in [1.807, 2.05) is 0 Å². The van der Waals surface area contributed by atoms with Crippen LogP contribution >= 0.6 is 11.6 Å². The lowest BCUT2D eigenvalue weighted by Gasteiger charge is -2.31. The third-order valence-corrected chi connectivity index (χ3v) is 4.96. The van der Waals surface area contributed by atoms with Crippen LogP contribution in [0.1, 0.15) is 33.6 Å². The lowest BCUT2D eigenvalue weighted by molar-refractivity contribution is 0.0650. The minimum Gasteiger partial charge on any atom is -0.497 e. The number of methoxy groups -OCH3 is 1. The normalized spacial score (nSPS) is 15.0. The molecule has 25 heavy (non-hydrogen) atoms. The number of hydrogen-bond acceptors (Lipinski definition) is 3. The topological polar surface area (TPSA) is 46.6 Å². The highest BCUT2D eigenvalue weighted by atomic mass is 35.5. The zero-order valence-corrected chi connectivity index (χ0v) is 14.8. The second-order valence-electron chi connectivity index (χ2n) is 6.14. The van der Waals surface area contributed by atoms with E-state index >= 15 is 0 Å². The molecule has 0 radical (unpaired) electrons. The summed E-state index contributed by atoms with van der Waals surface area (Å²) in [5.74, 6) is 0.744. The molecular formula is C20H20ClNO3. The molecule has 2 aromatic carbocycles. The average molecular weight is 358 g/mol. The summed E-state index contributed by atoms with van der Waals surface area (Å²) < 4.78 is 5.12. The Morgan fingerprint density at radius 1 is 1.04 bits per heavy atom. The molecule has 0 N–H and O–H groups in total. The van der Waals surface area contributed by atoms with Gasteiger partial charge in [-0.1, -0.05) is 23.7 Å². The number of carbonyl (C=O) groups is 2. The SMILES string of the molecule is COc1ccc(C(=O)C2CCN(C(=O)c3ccccc3Cl)CC2)cc1. The van der Waals surface area contributed by atoms with Gasteiger partial charge in [0.1, 0.15) is 5.75 Å². The summed E-state index contributed by atoms with van der Waals surface area (Å²) in [6.45, 7) is 1.13. The molecule has 1 saturated heterocycles. The van der Waals surface area contributed by atoms with Crippen LogP contribution < -0.4 is 4.74 Å². The van der Waals surface area contributed by atoms with Crippen molar-refractivity contribution in [3.8, 4) is 5.75 Å². The van der Waals surface area contributed by atoms with E-state index in [0.717, 1.165) is 5.75 Å². The number of benzene rings is 2. The van der Waals surface area contributed by atoms with Crippen LogP contribution in [0.5, 0.6) is 5.75 Å². The highest BCUT2D eigenvalue weighted by Crippen LogP contribution is 2.25. The molecule has 1 aliphatic heterocycles. The highest BCUT2D eigenvalue weighted by Gasteiger charge is 2.29. The molecule has 0 saturated carbocycles. The highest BCUT2D eigenvalue weighted by molar-refractivity contribution is 6.33. The Morgan fingerprint density at radius 2 is 1.68 bits per heavy atom. The zero-order valence-electron chi connectivity index (χ0n) is 14.1. The Hall–Kier alpha value is -2.33. The Morgan fingerprint density at radius 3 is 2.28 bits per heavy atom. The van der Waals surface area contributed by atoms with Crippen molar-refractivity contribution in [3.63, 3.8) is 0 Å². The molecule has 1 amide bonds. The average Bonchev–Trinajstić information content (AvgIpc) is 2.67. The fraction of sp³-hybridized carbons (Fsp3) is 0.300. The Balaban J connectivity index is 1.62. The Kier molecular flexibility index (Phi) is 5.39. The number of nitrogens with zero attached hydrogens (tertiary/aromatic N) is 1. The van der Waals surface area contributed by atoms with Gasteiger partial charge >= 0.3 is 0 Å². The van der Waals surface area contributed by atoms with Gasteiger partial charge in [0.15, 0.2) is 5.78 Å². The summed E-state index contributed by atoms with van der Waals surface area (Å²) in [5.41, 5.74) is 1.21. The molecule has 130 valence electrons. The van der Waals surface area contributed by atoms with Crippen molar-refractivity contribution >= 4 is 23.3 Å². The zero-order chi connectivity index (χ0) is 17.8. The fourth-order valence-corrected chi connectivity index (χ4v) is 3.36. The van der Waals surface area contributed by atoms with Crippen molar-refractivity contribution in [2.45, 2.75) is 12.8 Å². The molecule has 2 aromatic rings. The minimum atomic E-state index is -0.0686. The van der Waals surface area contributed by atoms with Crippen LogP contribution in [-0.4, -0.2) is 36.8 Å². The number of hydrogen-bond donors (Lipinski definition) is 0. The number of halogens is 1. The van der Waals surface area contributed by atoms with Gasteiger partial charge in [-0.15, -0.1) is 0 Å². The van der Waals surface area contributed by atoms with E-state index in [1.165, 1.54) is 0 Å². The number of ether oxygens (including phenoxy) is 1. The van der Waals surface area contributed by atoms with Gasteiger partial charge in [0.2, 0.25) is 0 Å². The van der Waals surface area contributed by atoms with Gasteiger partial charge in [-0.3, -0.25) is 9.59 Å². The predicted octanol–water partition coefficient (Wildman–Crippen LogP) is 4.08. The summed E-state index contributed by atoms with van der Waals surface area (Å²) >= 11 is 6.11. The van der Waals surface area contributed by atoms with Gasteiger partial charge in [-0.2, -0.15) is 0 Å². The van der Waals surface area contributed by atoms with Crippen molar-refractivity contribution in [2.75, 3.05) is 20.2 Å². The number of Topliss-reactive ketones (excluding diaryl/α,β-unsaturated/α-hetero) is 1. The van der Waals surface area contributed by atoms with Crippen molar-refractivity contribution in [3.05, 3.63) is 64.7 Å². The quantitative estimate of drug-likeness (QED) is 0.774. The van der Waals surface area contributed by atoms with E-state index in [1.54, 1.807) is 60.5 Å². The molecule has 0 aromatic heterocycles. The maximum Gasteiger partial charge on any atom is 0.255 e. The van der Waals surface area contributed by atoms with Crippen molar-refractivity contribution < 1.29 is 14.3 Å². The van der Waals surface area contributed by atoms with E-state index in [-0.39, 0.29) is 17.6 Å². The number of amides is 1. The Labute approximate surface area is 152 Å². The van der Waals surface area contributed by atoms with Crippen molar-refractivity contribution in [1.82, 2.24) is 4.90 Å². The predicted molar refractivity (Wildman–Crippen MR) is 97.4 cm³/mol. The molecule has 0 aliphatic carbocycles. The van der Waals surface area contributed by atoms with E-state index in [4.69, 9.17) is 16.3 Å². The van der Waals surface area contributed by atoms with E-state index < -0.39 is 0 Å². The van der Waals surface area contributed by atoms with Gasteiger partial charge < -0.3 is 9.64 Å². The first-order valence-corrected chi connectivity index (χ1v) is 8.70. The van der Waals surface area contributed by atoms with Crippen LogP contribution in [0.25, 0.3) is 0 Å². The summed E-state index contributed by atoms with van der Waals surface area (Å²) in [6.07, 6.45) is 1.34. The summed E-state index contributed by atoms with van der Waals surface area (Å²) in [5, 5.41) is 0.462. The van der Waals surface area contributed by atoms with Crippen LogP contribution in [0.2, 0.25) is 5.02 Å². The smallest absolute Gasteiger partial charge is 0.255 e. The molecule has 0 spiro atoms.